The van der Waals surface area contributed by atoms with E-state index in [1.54, 1.807) is 12.1 Å². The number of carbonyl (C=O) groups excluding carboxylic acids is 1. The first kappa shape index (κ1) is 17.9. The van der Waals surface area contributed by atoms with Gasteiger partial charge in [-0.15, -0.1) is 0 Å². The number of piperazine rings is 1. The predicted octanol–water partition coefficient (Wildman–Crippen LogP) is 3.54. The Hall–Kier alpha value is -2.50. The molecular formula is C21H21ClN2O3. The number of amides is 1. The van der Waals surface area contributed by atoms with Gasteiger partial charge in [0.25, 0.3) is 5.91 Å². The highest BCUT2D eigenvalue weighted by atomic mass is 35.5. The van der Waals surface area contributed by atoms with E-state index in [0.717, 1.165) is 19.6 Å². The molecule has 2 aromatic rings. The number of ether oxygens (including phenoxy) is 2. The Bertz CT molecular complexity index is 846. The number of benzene rings is 2. The second kappa shape index (κ2) is 8.03. The van der Waals surface area contributed by atoms with Crippen LogP contribution in [0, 0.1) is 0 Å². The van der Waals surface area contributed by atoms with Crippen molar-refractivity contribution in [2.45, 2.75) is 0 Å². The lowest BCUT2D eigenvalue weighted by atomic mass is 10.1. The van der Waals surface area contributed by atoms with Crippen LogP contribution in [0.5, 0.6) is 11.5 Å². The van der Waals surface area contributed by atoms with Crippen molar-refractivity contribution in [3.8, 4) is 11.5 Å². The summed E-state index contributed by atoms with van der Waals surface area (Å²) >= 11 is 6.20. The van der Waals surface area contributed by atoms with E-state index in [0.29, 0.717) is 35.2 Å². The van der Waals surface area contributed by atoms with Crippen molar-refractivity contribution in [3.63, 3.8) is 0 Å². The summed E-state index contributed by atoms with van der Waals surface area (Å²) in [5.74, 6) is 1.04. The summed E-state index contributed by atoms with van der Waals surface area (Å²) in [6.07, 6.45) is 4.30. The van der Waals surface area contributed by atoms with Crippen molar-refractivity contribution in [2.75, 3.05) is 39.5 Å². The molecule has 140 valence electrons. The van der Waals surface area contributed by atoms with Crippen LogP contribution in [0.2, 0.25) is 5.02 Å². The Morgan fingerprint density at radius 2 is 1.85 bits per heavy atom. The van der Waals surface area contributed by atoms with Gasteiger partial charge in [0.2, 0.25) is 6.79 Å². The molecule has 4 rings (SSSR count). The monoisotopic (exact) mass is 384 g/mol. The number of halogens is 1. The summed E-state index contributed by atoms with van der Waals surface area (Å²) in [6.45, 7) is 4.12. The maximum Gasteiger partial charge on any atom is 0.254 e. The van der Waals surface area contributed by atoms with Crippen LogP contribution >= 0.6 is 11.6 Å². The van der Waals surface area contributed by atoms with Crippen molar-refractivity contribution in [1.82, 2.24) is 9.80 Å². The summed E-state index contributed by atoms with van der Waals surface area (Å²) in [5, 5.41) is 0.415. The van der Waals surface area contributed by atoms with Crippen molar-refractivity contribution in [2.24, 2.45) is 0 Å². The summed E-state index contributed by atoms with van der Waals surface area (Å²) in [7, 11) is 0. The van der Waals surface area contributed by atoms with Crippen LogP contribution < -0.4 is 9.47 Å². The van der Waals surface area contributed by atoms with Crippen molar-refractivity contribution < 1.29 is 14.3 Å². The Labute approximate surface area is 163 Å². The first-order valence-corrected chi connectivity index (χ1v) is 9.41. The molecular weight excluding hydrogens is 364 g/mol. The maximum atomic E-state index is 12.8. The molecule has 27 heavy (non-hydrogen) atoms. The number of hydrogen-bond donors (Lipinski definition) is 0. The van der Waals surface area contributed by atoms with Gasteiger partial charge < -0.3 is 14.4 Å². The molecule has 0 unspecified atom stereocenters. The van der Waals surface area contributed by atoms with Crippen LogP contribution in [0.4, 0.5) is 0 Å². The molecule has 1 saturated heterocycles. The number of nitrogens with zero attached hydrogens (tertiary/aromatic N) is 2. The minimum atomic E-state index is -0.0188. The van der Waals surface area contributed by atoms with E-state index < -0.39 is 0 Å². The molecule has 0 N–H and O–H groups in total. The molecule has 1 amide bonds. The number of rotatable bonds is 4. The second-order valence-corrected chi connectivity index (χ2v) is 7.00. The largest absolute Gasteiger partial charge is 0.454 e. The first-order valence-electron chi connectivity index (χ1n) is 9.03. The van der Waals surface area contributed by atoms with Gasteiger partial charge >= 0.3 is 0 Å². The maximum absolute atomic E-state index is 12.8. The van der Waals surface area contributed by atoms with E-state index in [2.05, 4.69) is 29.2 Å². The number of fused-ring (bicyclic) bond motifs is 1. The highest BCUT2D eigenvalue weighted by Crippen LogP contribution is 2.40. The SMILES string of the molecule is O=C(c1cc(Cl)c2c(c1)OCO2)N1CCN(C/C=C/c2ccccc2)CC1. The Balaban J connectivity index is 1.32. The molecule has 0 aromatic heterocycles. The van der Waals surface area contributed by atoms with Gasteiger partial charge in [-0.25, -0.2) is 0 Å². The Morgan fingerprint density at radius 1 is 1.07 bits per heavy atom. The van der Waals surface area contributed by atoms with Crippen LogP contribution in [0.1, 0.15) is 15.9 Å². The van der Waals surface area contributed by atoms with Crippen LogP contribution in [-0.2, 0) is 0 Å². The van der Waals surface area contributed by atoms with E-state index in [1.165, 1.54) is 5.56 Å². The third kappa shape index (κ3) is 4.10. The molecule has 2 aliphatic heterocycles. The molecule has 5 nitrogen and oxygen atoms in total. The average Bonchev–Trinajstić information content (AvgIpc) is 3.18. The van der Waals surface area contributed by atoms with Gasteiger partial charge in [0.15, 0.2) is 11.5 Å². The number of carbonyl (C=O) groups is 1. The van der Waals surface area contributed by atoms with E-state index in [9.17, 15) is 4.79 Å². The van der Waals surface area contributed by atoms with Gasteiger partial charge in [-0.05, 0) is 17.7 Å². The molecule has 2 aliphatic rings. The van der Waals surface area contributed by atoms with Crippen molar-refractivity contribution in [1.29, 1.82) is 0 Å². The van der Waals surface area contributed by atoms with Gasteiger partial charge in [-0.3, -0.25) is 9.69 Å². The average molecular weight is 385 g/mol. The zero-order valence-corrected chi connectivity index (χ0v) is 15.7. The predicted molar refractivity (Wildman–Crippen MR) is 105 cm³/mol. The molecule has 0 aliphatic carbocycles. The summed E-state index contributed by atoms with van der Waals surface area (Å²) in [6, 6.07) is 13.6. The first-order chi connectivity index (χ1) is 13.2. The zero-order chi connectivity index (χ0) is 18.6. The Kier molecular flexibility index (Phi) is 5.32. The van der Waals surface area contributed by atoms with Crippen molar-refractivity contribution in [3.05, 3.63) is 64.7 Å². The van der Waals surface area contributed by atoms with E-state index >= 15 is 0 Å². The van der Waals surface area contributed by atoms with Crippen molar-refractivity contribution >= 4 is 23.6 Å². The summed E-state index contributed by atoms with van der Waals surface area (Å²) < 4.78 is 10.7. The fourth-order valence-corrected chi connectivity index (χ4v) is 3.57. The van der Waals surface area contributed by atoms with Crippen LogP contribution in [0.3, 0.4) is 0 Å². The smallest absolute Gasteiger partial charge is 0.254 e. The highest BCUT2D eigenvalue weighted by Gasteiger charge is 2.25. The lowest BCUT2D eigenvalue weighted by Gasteiger charge is -2.34. The molecule has 0 radical (unpaired) electrons. The van der Waals surface area contributed by atoms with Gasteiger partial charge in [-0.2, -0.15) is 0 Å². The van der Waals surface area contributed by atoms with Crippen LogP contribution in [-0.4, -0.2) is 55.2 Å². The quantitative estimate of drug-likeness (QED) is 0.808. The fraction of sp³-hybridized carbons (Fsp3) is 0.286. The van der Waals surface area contributed by atoms with Crippen LogP contribution in [0.15, 0.2) is 48.5 Å². The molecule has 0 saturated carbocycles. The molecule has 0 atom stereocenters. The molecule has 6 heteroatoms. The normalized spacial score (nSPS) is 16.9. The van der Waals surface area contributed by atoms with Gasteiger partial charge in [-0.1, -0.05) is 54.1 Å². The third-order valence-electron chi connectivity index (χ3n) is 4.81. The molecule has 0 spiro atoms. The Morgan fingerprint density at radius 3 is 2.63 bits per heavy atom. The fourth-order valence-electron chi connectivity index (χ4n) is 3.31. The standard InChI is InChI=1S/C21H21ClN2O3/c22-18-13-17(14-19-20(18)27-15-26-19)21(25)24-11-9-23(10-12-24)8-4-7-16-5-2-1-3-6-16/h1-7,13-14H,8-12,15H2/b7-4+. The van der Waals surface area contributed by atoms with E-state index in [1.807, 2.05) is 23.1 Å². The molecule has 2 heterocycles. The molecule has 2 aromatic carbocycles. The summed E-state index contributed by atoms with van der Waals surface area (Å²) in [5.41, 5.74) is 1.74. The molecule has 0 bridgehead atoms. The second-order valence-electron chi connectivity index (χ2n) is 6.60. The van der Waals surface area contributed by atoms with E-state index in [4.69, 9.17) is 21.1 Å². The highest BCUT2D eigenvalue weighted by molar-refractivity contribution is 6.32. The lowest BCUT2D eigenvalue weighted by molar-refractivity contribution is 0.0650. The minimum absolute atomic E-state index is 0.0188. The lowest BCUT2D eigenvalue weighted by Crippen LogP contribution is -2.48. The zero-order valence-electron chi connectivity index (χ0n) is 14.9. The van der Waals surface area contributed by atoms with Gasteiger partial charge in [0, 0.05) is 38.3 Å². The van der Waals surface area contributed by atoms with Crippen LogP contribution in [0.25, 0.3) is 6.08 Å². The summed E-state index contributed by atoms with van der Waals surface area (Å²) in [4.78, 5) is 17.0. The third-order valence-corrected chi connectivity index (χ3v) is 5.09. The molecule has 1 fully saturated rings. The minimum Gasteiger partial charge on any atom is -0.454 e. The topological polar surface area (TPSA) is 42.0 Å². The number of hydrogen-bond acceptors (Lipinski definition) is 4. The van der Waals surface area contributed by atoms with Gasteiger partial charge in [0.05, 0.1) is 5.02 Å². The van der Waals surface area contributed by atoms with Gasteiger partial charge in [0.1, 0.15) is 0 Å². The van der Waals surface area contributed by atoms with E-state index in [-0.39, 0.29) is 12.7 Å².